The van der Waals surface area contributed by atoms with E-state index in [4.69, 9.17) is 10.5 Å². The molecule has 2 rings (SSSR count). The molecule has 120 valence electrons. The van der Waals surface area contributed by atoms with E-state index in [0.717, 1.165) is 4.57 Å². The second-order valence-electron chi connectivity index (χ2n) is 5.26. The fourth-order valence-electron chi connectivity index (χ4n) is 2.58. The first-order valence-corrected chi connectivity index (χ1v) is 6.72. The molecule has 0 radical (unpaired) electrons. The molecule has 4 N–H and O–H groups in total. The lowest BCUT2D eigenvalue weighted by Gasteiger charge is -2.25. The average Bonchev–Trinajstić information content (AvgIpc) is 2.63. The Hall–Kier alpha value is -1.95. The highest BCUT2D eigenvalue weighted by Gasteiger charge is 2.59. The Kier molecular flexibility index (Phi) is 4.24. The molecule has 0 spiro atoms. The number of rotatable bonds is 2. The lowest BCUT2D eigenvalue weighted by Crippen LogP contribution is -2.46. The third-order valence-electron chi connectivity index (χ3n) is 3.58. The van der Waals surface area contributed by atoms with Gasteiger partial charge in [-0.3, -0.25) is 4.57 Å². The molecule has 0 bridgehead atoms. The first-order valence-electron chi connectivity index (χ1n) is 6.72. The lowest BCUT2D eigenvalue weighted by atomic mass is 9.94. The average molecular weight is 311 g/mol. The van der Waals surface area contributed by atoms with Crippen molar-refractivity contribution in [1.82, 2.24) is 9.55 Å². The number of aryl methyl sites for hydroxylation is 1. The maximum Gasteiger partial charge on any atom is 0.351 e. The van der Waals surface area contributed by atoms with Crippen LogP contribution in [-0.4, -0.2) is 43.7 Å². The Bertz CT molecular complexity index is 694. The summed E-state index contributed by atoms with van der Waals surface area (Å²) in [5.41, 5.74) is 2.41. The summed E-state index contributed by atoms with van der Waals surface area (Å²) in [5.74, 6) is 4.63. The van der Waals surface area contributed by atoms with E-state index in [1.54, 1.807) is 0 Å². The monoisotopic (exact) mass is 311 g/mol. The molecule has 1 aliphatic rings. The number of nitrogens with two attached hydrogens (primary N) is 1. The maximum absolute atomic E-state index is 15.2. The topological polar surface area (TPSA) is 111 Å². The van der Waals surface area contributed by atoms with Crippen LogP contribution in [0.15, 0.2) is 10.9 Å². The highest BCUT2D eigenvalue weighted by molar-refractivity contribution is 5.30. The number of hydrogen-bond acceptors (Lipinski definition) is 6. The van der Waals surface area contributed by atoms with Crippen LogP contribution in [0.4, 0.5) is 10.2 Å². The number of nitrogens with zero attached hydrogens (tertiary/aromatic N) is 2. The molecule has 1 saturated heterocycles. The van der Waals surface area contributed by atoms with Gasteiger partial charge < -0.3 is 20.7 Å². The van der Waals surface area contributed by atoms with Crippen LogP contribution < -0.4 is 11.4 Å². The third kappa shape index (κ3) is 2.47. The number of aliphatic hydroxyl groups is 2. The van der Waals surface area contributed by atoms with Gasteiger partial charge in [0.15, 0.2) is 6.23 Å². The predicted molar refractivity (Wildman–Crippen MR) is 76.5 cm³/mol. The smallest absolute Gasteiger partial charge is 0.351 e. The number of ether oxygens (including phenoxy) is 1. The number of anilines is 1. The van der Waals surface area contributed by atoms with Gasteiger partial charge in [0.1, 0.15) is 18.0 Å². The Labute approximate surface area is 126 Å². The van der Waals surface area contributed by atoms with E-state index in [2.05, 4.69) is 16.8 Å². The molecular weight excluding hydrogens is 293 g/mol. The van der Waals surface area contributed by atoms with E-state index in [0.29, 0.717) is 5.69 Å². The normalized spacial score (nSPS) is 32.4. The van der Waals surface area contributed by atoms with E-state index in [-0.39, 0.29) is 5.82 Å². The van der Waals surface area contributed by atoms with Gasteiger partial charge in [-0.25, -0.2) is 9.18 Å². The van der Waals surface area contributed by atoms with Gasteiger partial charge in [0.25, 0.3) is 0 Å². The van der Waals surface area contributed by atoms with Crippen LogP contribution in [0.25, 0.3) is 0 Å². The molecule has 0 aromatic carbocycles. The van der Waals surface area contributed by atoms with E-state index in [9.17, 15) is 15.0 Å². The molecule has 1 fully saturated rings. The van der Waals surface area contributed by atoms with E-state index < -0.39 is 35.9 Å². The van der Waals surface area contributed by atoms with Crippen LogP contribution >= 0.6 is 0 Å². The summed E-state index contributed by atoms with van der Waals surface area (Å²) in [6, 6.07) is 1.38. The fourth-order valence-corrected chi connectivity index (χ4v) is 2.58. The summed E-state index contributed by atoms with van der Waals surface area (Å²) in [6.45, 7) is 4.29. The first kappa shape index (κ1) is 16.4. The van der Waals surface area contributed by atoms with Crippen LogP contribution in [0.1, 0.15) is 25.8 Å². The summed E-state index contributed by atoms with van der Waals surface area (Å²) in [6.07, 6.45) is -5.62. The molecular formula is C14H18FN3O4. The van der Waals surface area contributed by atoms with Crippen molar-refractivity contribution in [1.29, 1.82) is 0 Å². The minimum atomic E-state index is -2.55. The quantitative estimate of drug-likeness (QED) is 0.635. The van der Waals surface area contributed by atoms with Gasteiger partial charge in [-0.05, 0) is 26.8 Å². The maximum atomic E-state index is 15.2. The van der Waals surface area contributed by atoms with Gasteiger partial charge in [0, 0.05) is 5.69 Å². The Balaban J connectivity index is 2.62. The molecule has 5 atom stereocenters. The zero-order valence-electron chi connectivity index (χ0n) is 12.4. The highest BCUT2D eigenvalue weighted by atomic mass is 19.1. The van der Waals surface area contributed by atoms with E-state index in [1.807, 2.05) is 0 Å². The van der Waals surface area contributed by atoms with Crippen LogP contribution in [-0.2, 0) is 4.74 Å². The minimum Gasteiger partial charge on any atom is -0.391 e. The van der Waals surface area contributed by atoms with Crippen molar-refractivity contribution < 1.29 is 19.3 Å². The zero-order chi connectivity index (χ0) is 16.7. The summed E-state index contributed by atoms with van der Waals surface area (Å²) in [4.78, 5) is 15.6. The highest BCUT2D eigenvalue weighted by Crippen LogP contribution is 2.42. The minimum absolute atomic E-state index is 0.00425. The van der Waals surface area contributed by atoms with Gasteiger partial charge >= 0.3 is 5.69 Å². The lowest BCUT2D eigenvalue weighted by molar-refractivity contribution is -0.0808. The molecule has 8 heteroatoms. The molecule has 1 unspecified atom stereocenters. The van der Waals surface area contributed by atoms with Crippen molar-refractivity contribution >= 4 is 5.82 Å². The third-order valence-corrected chi connectivity index (χ3v) is 3.58. The first-order chi connectivity index (χ1) is 10.2. The largest absolute Gasteiger partial charge is 0.391 e. The summed E-state index contributed by atoms with van der Waals surface area (Å²) >= 11 is 0. The van der Waals surface area contributed by atoms with Crippen LogP contribution in [0.2, 0.25) is 0 Å². The summed E-state index contributed by atoms with van der Waals surface area (Å²) in [5, 5.41) is 19.8. The molecule has 1 aromatic heterocycles. The molecule has 2 heterocycles. The Morgan fingerprint density at radius 1 is 1.64 bits per heavy atom. The van der Waals surface area contributed by atoms with E-state index in [1.165, 1.54) is 26.8 Å². The molecule has 0 amide bonds. The van der Waals surface area contributed by atoms with Crippen molar-refractivity contribution in [3.05, 3.63) is 22.2 Å². The summed E-state index contributed by atoms with van der Waals surface area (Å²) in [7, 11) is 0. The molecule has 1 aromatic rings. The number of nitrogen functional groups attached to an aromatic ring is 1. The molecule has 22 heavy (non-hydrogen) atoms. The van der Waals surface area contributed by atoms with Gasteiger partial charge in [-0.2, -0.15) is 4.98 Å². The van der Waals surface area contributed by atoms with Crippen LogP contribution in [0.3, 0.4) is 0 Å². The van der Waals surface area contributed by atoms with Crippen LogP contribution in [0.5, 0.6) is 0 Å². The van der Waals surface area contributed by atoms with Crippen molar-refractivity contribution in [2.24, 2.45) is 0 Å². The second kappa shape index (κ2) is 5.68. The van der Waals surface area contributed by atoms with Crippen LogP contribution in [0, 0.1) is 18.8 Å². The Morgan fingerprint density at radius 3 is 2.77 bits per heavy atom. The van der Waals surface area contributed by atoms with E-state index >= 15 is 4.39 Å². The number of aliphatic hydroxyl groups excluding tert-OH is 2. The molecule has 0 saturated carbocycles. The van der Waals surface area contributed by atoms with Crippen molar-refractivity contribution in [3.8, 4) is 11.8 Å². The Morgan fingerprint density at radius 2 is 2.27 bits per heavy atom. The van der Waals surface area contributed by atoms with Gasteiger partial charge in [-0.15, -0.1) is 5.92 Å². The van der Waals surface area contributed by atoms with Crippen molar-refractivity contribution in [3.63, 3.8) is 0 Å². The second-order valence-corrected chi connectivity index (χ2v) is 5.26. The molecule has 0 aliphatic carbocycles. The van der Waals surface area contributed by atoms with Gasteiger partial charge in [-0.1, -0.05) is 5.92 Å². The number of aromatic nitrogens is 2. The van der Waals surface area contributed by atoms with Crippen molar-refractivity contribution in [2.45, 2.75) is 51.0 Å². The predicted octanol–water partition coefficient (Wildman–Crippen LogP) is -0.495. The van der Waals surface area contributed by atoms with Crippen molar-refractivity contribution in [2.75, 3.05) is 5.73 Å². The zero-order valence-corrected chi connectivity index (χ0v) is 12.4. The summed E-state index contributed by atoms with van der Waals surface area (Å²) < 4.78 is 21.6. The molecule has 1 aliphatic heterocycles. The number of hydrogen-bond donors (Lipinski definition) is 3. The number of halogens is 1. The molecule has 7 nitrogen and oxygen atoms in total. The SMILES string of the molecule is CC#C[C@@]1(F)C(O)[C@@H]([C@H](C)O)O[C@H]1n1c(C)cc(N)nc1=O. The van der Waals surface area contributed by atoms with Gasteiger partial charge in [0.05, 0.1) is 6.10 Å². The van der Waals surface area contributed by atoms with Gasteiger partial charge in [0.2, 0.25) is 5.67 Å². The number of alkyl halides is 1. The standard InChI is InChI=1S/C14H18FN3O4/c1-4-5-14(15)11(20)10(8(3)19)22-12(14)18-7(2)6-9(16)17-13(18)21/h6,8,10-12,19-20H,1-3H3,(H2,16,17,21)/t8-,10+,11?,12+,14+/m0/s1. The fraction of sp³-hybridized carbons (Fsp3) is 0.571.